The van der Waals surface area contributed by atoms with Crippen LogP contribution in [0.1, 0.15) is 25.8 Å². The van der Waals surface area contributed by atoms with Crippen molar-refractivity contribution in [3.8, 4) is 11.1 Å². The first-order valence-corrected chi connectivity index (χ1v) is 7.74. The number of nitrogens with zero attached hydrogens (tertiary/aromatic N) is 1. The number of hydrogen-bond acceptors (Lipinski definition) is 2. The number of aliphatic hydroxyl groups excluding tert-OH is 1. The van der Waals surface area contributed by atoms with E-state index in [9.17, 15) is 9.90 Å². The van der Waals surface area contributed by atoms with E-state index in [1.807, 2.05) is 68.4 Å². The number of hydrogen-bond donors (Lipinski definition) is 2. The number of amides is 1. The van der Waals surface area contributed by atoms with Crippen LogP contribution in [-0.2, 0) is 5.54 Å². The average molecular weight is 313 g/mol. The molecule has 4 heteroatoms. The number of aliphatic hydroxyl groups is 1. The Morgan fingerprint density at radius 2 is 1.57 bits per heavy atom. The van der Waals surface area contributed by atoms with Crippen molar-refractivity contribution >= 4 is 6.09 Å². The van der Waals surface area contributed by atoms with Gasteiger partial charge in [0.1, 0.15) is 0 Å². The van der Waals surface area contributed by atoms with Gasteiger partial charge in [-0.05, 0) is 37.0 Å². The summed E-state index contributed by atoms with van der Waals surface area (Å²) in [5.74, 6) is 0. The molecule has 0 bridgehead atoms. The third kappa shape index (κ3) is 3.90. The van der Waals surface area contributed by atoms with Gasteiger partial charge in [0.2, 0.25) is 0 Å². The maximum absolute atomic E-state index is 11.6. The Morgan fingerprint density at radius 3 is 2.09 bits per heavy atom. The van der Waals surface area contributed by atoms with Crippen molar-refractivity contribution in [1.29, 1.82) is 0 Å². The second-order valence-corrected chi connectivity index (χ2v) is 6.01. The Labute approximate surface area is 137 Å². The largest absolute Gasteiger partial charge is 0.465 e. The molecular weight excluding hydrogens is 290 g/mol. The van der Waals surface area contributed by atoms with Crippen LogP contribution in [0.2, 0.25) is 0 Å². The highest BCUT2D eigenvalue weighted by atomic mass is 16.4. The smallest absolute Gasteiger partial charge is 0.408 e. The van der Waals surface area contributed by atoms with Gasteiger partial charge in [-0.25, -0.2) is 4.79 Å². The summed E-state index contributed by atoms with van der Waals surface area (Å²) in [5, 5.41) is 18.4. The maximum atomic E-state index is 11.6. The summed E-state index contributed by atoms with van der Waals surface area (Å²) in [7, 11) is 0. The van der Waals surface area contributed by atoms with Crippen molar-refractivity contribution in [2.24, 2.45) is 0 Å². The molecule has 2 aromatic carbocycles. The lowest BCUT2D eigenvalue weighted by molar-refractivity contribution is 0.0862. The quantitative estimate of drug-likeness (QED) is 0.849. The van der Waals surface area contributed by atoms with Crippen LogP contribution in [0.15, 0.2) is 54.6 Å². The Morgan fingerprint density at radius 1 is 1.00 bits per heavy atom. The van der Waals surface area contributed by atoms with Crippen LogP contribution in [-0.4, -0.2) is 34.4 Å². The molecule has 0 saturated heterocycles. The molecule has 0 spiro atoms. The second kappa shape index (κ2) is 7.29. The van der Waals surface area contributed by atoms with Gasteiger partial charge < -0.3 is 10.2 Å². The number of carboxylic acid groups (broad SMARTS) is 1. The lowest BCUT2D eigenvalue weighted by Gasteiger charge is -2.37. The first-order chi connectivity index (χ1) is 11.0. The highest BCUT2D eigenvalue weighted by Crippen LogP contribution is 2.30. The standard InChI is InChI=1S/C19H23NO3/c1-19(2,20(18(22)23)13-6-14-21)17-11-9-16(10-12-17)15-7-4-3-5-8-15/h3-5,7-12,21H,6,13-14H2,1-2H3,(H,22,23). The topological polar surface area (TPSA) is 60.8 Å². The van der Waals surface area contributed by atoms with E-state index in [-0.39, 0.29) is 6.61 Å². The van der Waals surface area contributed by atoms with Gasteiger partial charge in [0.15, 0.2) is 0 Å². The van der Waals surface area contributed by atoms with E-state index in [1.165, 1.54) is 4.90 Å². The molecule has 0 fully saturated rings. The van der Waals surface area contributed by atoms with E-state index in [4.69, 9.17) is 5.11 Å². The molecule has 2 rings (SSSR count). The molecule has 0 saturated carbocycles. The molecule has 4 nitrogen and oxygen atoms in total. The van der Waals surface area contributed by atoms with Crippen LogP contribution in [0.3, 0.4) is 0 Å². The molecule has 122 valence electrons. The van der Waals surface area contributed by atoms with Crippen LogP contribution in [0.4, 0.5) is 4.79 Å². The summed E-state index contributed by atoms with van der Waals surface area (Å²) < 4.78 is 0. The minimum absolute atomic E-state index is 0.0210. The number of rotatable bonds is 6. The molecule has 0 unspecified atom stereocenters. The molecule has 0 aliphatic heterocycles. The normalized spacial score (nSPS) is 11.3. The molecule has 2 aromatic rings. The van der Waals surface area contributed by atoms with Crippen LogP contribution >= 0.6 is 0 Å². The zero-order valence-corrected chi connectivity index (χ0v) is 13.6. The van der Waals surface area contributed by atoms with Crippen molar-refractivity contribution in [3.05, 3.63) is 60.2 Å². The molecule has 0 aliphatic rings. The average Bonchev–Trinajstić information content (AvgIpc) is 2.55. The summed E-state index contributed by atoms with van der Waals surface area (Å²) in [5.41, 5.74) is 2.50. The molecule has 0 heterocycles. The van der Waals surface area contributed by atoms with E-state index in [2.05, 4.69) is 0 Å². The van der Waals surface area contributed by atoms with E-state index >= 15 is 0 Å². The minimum atomic E-state index is -0.976. The fourth-order valence-corrected chi connectivity index (χ4v) is 2.70. The molecule has 0 aliphatic carbocycles. The molecule has 0 aromatic heterocycles. The Balaban J connectivity index is 2.27. The Bertz CT molecular complexity index is 635. The van der Waals surface area contributed by atoms with Gasteiger partial charge in [-0.3, -0.25) is 4.90 Å². The lowest BCUT2D eigenvalue weighted by atomic mass is 9.90. The van der Waals surface area contributed by atoms with Gasteiger partial charge in [-0.15, -0.1) is 0 Å². The van der Waals surface area contributed by atoms with Crippen molar-refractivity contribution in [2.45, 2.75) is 25.8 Å². The highest BCUT2D eigenvalue weighted by molar-refractivity contribution is 5.67. The molecular formula is C19H23NO3. The fourth-order valence-electron chi connectivity index (χ4n) is 2.70. The second-order valence-electron chi connectivity index (χ2n) is 6.01. The highest BCUT2D eigenvalue weighted by Gasteiger charge is 2.32. The summed E-state index contributed by atoms with van der Waals surface area (Å²) in [4.78, 5) is 12.9. The lowest BCUT2D eigenvalue weighted by Crippen LogP contribution is -2.45. The number of carbonyl (C=O) groups is 1. The third-order valence-corrected chi connectivity index (χ3v) is 4.14. The fraction of sp³-hybridized carbons (Fsp3) is 0.316. The van der Waals surface area contributed by atoms with Crippen molar-refractivity contribution in [1.82, 2.24) is 4.90 Å². The van der Waals surface area contributed by atoms with Crippen molar-refractivity contribution in [2.75, 3.05) is 13.2 Å². The molecule has 0 radical (unpaired) electrons. The van der Waals surface area contributed by atoms with Gasteiger partial charge in [0.05, 0.1) is 5.54 Å². The van der Waals surface area contributed by atoms with E-state index < -0.39 is 11.6 Å². The molecule has 1 amide bonds. The zero-order valence-electron chi connectivity index (χ0n) is 13.6. The Hall–Kier alpha value is -2.33. The van der Waals surface area contributed by atoms with Crippen molar-refractivity contribution < 1.29 is 15.0 Å². The molecule has 0 atom stereocenters. The predicted molar refractivity (Wildman–Crippen MR) is 91.3 cm³/mol. The third-order valence-electron chi connectivity index (χ3n) is 4.14. The SMILES string of the molecule is CC(C)(c1ccc(-c2ccccc2)cc1)N(CCCO)C(=O)O. The van der Waals surface area contributed by atoms with Crippen LogP contribution in [0, 0.1) is 0 Å². The van der Waals surface area contributed by atoms with Crippen LogP contribution in [0.5, 0.6) is 0 Å². The van der Waals surface area contributed by atoms with E-state index in [0.717, 1.165) is 16.7 Å². The van der Waals surface area contributed by atoms with Gasteiger partial charge in [-0.1, -0.05) is 54.6 Å². The minimum Gasteiger partial charge on any atom is -0.465 e. The number of benzene rings is 2. The predicted octanol–water partition coefficient (Wildman–Crippen LogP) is 3.95. The first-order valence-electron chi connectivity index (χ1n) is 7.74. The van der Waals surface area contributed by atoms with Crippen LogP contribution < -0.4 is 0 Å². The summed E-state index contributed by atoms with van der Waals surface area (Å²) in [6.45, 7) is 4.05. The summed E-state index contributed by atoms with van der Waals surface area (Å²) in [6, 6.07) is 18.0. The monoisotopic (exact) mass is 313 g/mol. The maximum Gasteiger partial charge on any atom is 0.408 e. The van der Waals surface area contributed by atoms with Crippen molar-refractivity contribution in [3.63, 3.8) is 0 Å². The first kappa shape index (κ1) is 17.0. The zero-order chi connectivity index (χ0) is 16.9. The molecule has 2 N–H and O–H groups in total. The van der Waals surface area contributed by atoms with Crippen LogP contribution in [0.25, 0.3) is 11.1 Å². The summed E-state index contributed by atoms with van der Waals surface area (Å²) in [6.07, 6.45) is -0.548. The van der Waals surface area contributed by atoms with E-state index in [1.54, 1.807) is 0 Å². The van der Waals surface area contributed by atoms with Gasteiger partial charge in [-0.2, -0.15) is 0 Å². The summed E-state index contributed by atoms with van der Waals surface area (Å²) >= 11 is 0. The van der Waals surface area contributed by atoms with Gasteiger partial charge in [0, 0.05) is 13.2 Å². The molecule has 23 heavy (non-hydrogen) atoms. The van der Waals surface area contributed by atoms with Gasteiger partial charge >= 0.3 is 6.09 Å². The Kier molecular flexibility index (Phi) is 5.40. The van der Waals surface area contributed by atoms with Gasteiger partial charge in [0.25, 0.3) is 0 Å². The van der Waals surface area contributed by atoms with E-state index in [0.29, 0.717) is 13.0 Å².